The minimum absolute atomic E-state index is 0. The molecule has 27 heavy (non-hydrogen) atoms. The molecule has 7 heteroatoms. The van der Waals surface area contributed by atoms with Crippen molar-refractivity contribution in [3.05, 3.63) is 59.1 Å². The van der Waals surface area contributed by atoms with Crippen LogP contribution in [0.15, 0.2) is 53.5 Å². The molecule has 3 N–H and O–H groups in total. The Balaban J connectivity index is 0.00000261. The number of likely N-dealkylation sites (tertiary alicyclic amines) is 1. The van der Waals surface area contributed by atoms with Crippen LogP contribution >= 0.6 is 35.6 Å². The summed E-state index contributed by atoms with van der Waals surface area (Å²) in [7, 11) is 1.64. The highest BCUT2D eigenvalue weighted by Gasteiger charge is 2.23. The van der Waals surface area contributed by atoms with Crippen LogP contribution in [0.1, 0.15) is 24.4 Å². The first-order valence-corrected chi connectivity index (χ1v) is 9.24. The predicted octanol–water partition coefficient (Wildman–Crippen LogP) is 4.53. The van der Waals surface area contributed by atoms with Crippen LogP contribution in [-0.2, 0) is 0 Å². The highest BCUT2D eigenvalue weighted by molar-refractivity contribution is 14.0. The van der Waals surface area contributed by atoms with Crippen molar-refractivity contribution in [2.24, 2.45) is 10.7 Å². The van der Waals surface area contributed by atoms with E-state index in [0.717, 1.165) is 29.5 Å². The van der Waals surface area contributed by atoms with E-state index >= 15 is 0 Å². The molecule has 0 radical (unpaired) electrons. The molecule has 0 aromatic heterocycles. The molecule has 1 fully saturated rings. The van der Waals surface area contributed by atoms with E-state index < -0.39 is 0 Å². The average molecular weight is 501 g/mol. The van der Waals surface area contributed by atoms with Crippen LogP contribution in [0.25, 0.3) is 0 Å². The van der Waals surface area contributed by atoms with Crippen molar-refractivity contribution >= 4 is 47.2 Å². The van der Waals surface area contributed by atoms with Crippen molar-refractivity contribution in [3.8, 4) is 5.75 Å². The van der Waals surface area contributed by atoms with E-state index in [-0.39, 0.29) is 30.0 Å². The van der Waals surface area contributed by atoms with Gasteiger partial charge in [0.25, 0.3) is 0 Å². The van der Waals surface area contributed by atoms with Gasteiger partial charge in [-0.3, -0.25) is 9.89 Å². The summed E-state index contributed by atoms with van der Waals surface area (Å²) in [6.07, 6.45) is 2.44. The standard InChI is InChI=1S/C20H25ClN4O.HI/c1-26-18-9-5-8-17(13-18)24-20(22)23-14-19(25-10-2-3-11-25)15-6-4-7-16(21)12-15;/h4-9,12-13,19H,2-3,10-11,14H2,1H3,(H3,22,23,24);1H. The Kier molecular flexibility index (Phi) is 8.66. The van der Waals surface area contributed by atoms with Gasteiger partial charge >= 0.3 is 0 Å². The van der Waals surface area contributed by atoms with Gasteiger partial charge in [-0.15, -0.1) is 24.0 Å². The normalized spacial score (nSPS) is 15.9. The van der Waals surface area contributed by atoms with Gasteiger partial charge in [0.2, 0.25) is 0 Å². The first-order valence-electron chi connectivity index (χ1n) is 8.86. The number of anilines is 1. The smallest absolute Gasteiger partial charge is 0.193 e. The van der Waals surface area contributed by atoms with E-state index in [1.54, 1.807) is 7.11 Å². The van der Waals surface area contributed by atoms with E-state index in [1.807, 2.05) is 42.5 Å². The SMILES string of the molecule is COc1cccc(NC(N)=NCC(c2cccc(Cl)c2)N2CCCC2)c1.I. The molecule has 1 aliphatic rings. The molecule has 1 aliphatic heterocycles. The number of hydrogen-bond donors (Lipinski definition) is 2. The maximum absolute atomic E-state index is 6.19. The van der Waals surface area contributed by atoms with Gasteiger partial charge < -0.3 is 15.8 Å². The Morgan fingerprint density at radius 2 is 1.96 bits per heavy atom. The highest BCUT2D eigenvalue weighted by atomic mass is 127. The maximum atomic E-state index is 6.19. The summed E-state index contributed by atoms with van der Waals surface area (Å²) >= 11 is 6.19. The molecule has 5 nitrogen and oxygen atoms in total. The van der Waals surface area contributed by atoms with Gasteiger partial charge in [-0.2, -0.15) is 0 Å². The molecule has 2 aromatic carbocycles. The molecule has 1 saturated heterocycles. The summed E-state index contributed by atoms with van der Waals surface area (Å²) < 4.78 is 5.23. The zero-order valence-corrected chi connectivity index (χ0v) is 18.5. The molecule has 0 aliphatic carbocycles. The molecule has 0 spiro atoms. The van der Waals surface area contributed by atoms with E-state index in [0.29, 0.717) is 12.5 Å². The molecule has 2 aromatic rings. The lowest BCUT2D eigenvalue weighted by Crippen LogP contribution is -2.30. The Morgan fingerprint density at radius 1 is 1.22 bits per heavy atom. The summed E-state index contributed by atoms with van der Waals surface area (Å²) in [5.74, 6) is 1.17. The van der Waals surface area contributed by atoms with Crippen molar-refractivity contribution in [2.45, 2.75) is 18.9 Å². The molecule has 0 saturated carbocycles. The molecule has 146 valence electrons. The largest absolute Gasteiger partial charge is 0.497 e. The molecule has 1 atom stereocenters. The second kappa shape index (κ2) is 10.7. The zero-order chi connectivity index (χ0) is 18.4. The number of nitrogens with zero attached hydrogens (tertiary/aromatic N) is 2. The summed E-state index contributed by atoms with van der Waals surface area (Å²) in [6, 6.07) is 15.8. The zero-order valence-electron chi connectivity index (χ0n) is 15.4. The fraction of sp³-hybridized carbons (Fsp3) is 0.350. The van der Waals surface area contributed by atoms with Crippen LogP contribution in [0.5, 0.6) is 5.75 Å². The fourth-order valence-electron chi connectivity index (χ4n) is 3.27. The Bertz CT molecular complexity index is 765. The second-order valence-corrected chi connectivity index (χ2v) is 6.83. The number of rotatable bonds is 6. The topological polar surface area (TPSA) is 62.9 Å². The quantitative estimate of drug-likeness (QED) is 0.348. The van der Waals surface area contributed by atoms with Crippen LogP contribution in [-0.4, -0.2) is 37.6 Å². The fourth-order valence-corrected chi connectivity index (χ4v) is 3.47. The summed E-state index contributed by atoms with van der Waals surface area (Å²) in [5, 5.41) is 3.88. The first-order chi connectivity index (χ1) is 12.7. The molecule has 0 amide bonds. The number of methoxy groups -OCH3 is 1. The predicted molar refractivity (Wildman–Crippen MR) is 124 cm³/mol. The number of hydrogen-bond acceptors (Lipinski definition) is 3. The van der Waals surface area contributed by atoms with Crippen molar-refractivity contribution in [1.82, 2.24) is 4.90 Å². The Labute approximate surface area is 183 Å². The van der Waals surface area contributed by atoms with E-state index in [9.17, 15) is 0 Å². The number of benzene rings is 2. The number of guanidine groups is 1. The number of nitrogens with one attached hydrogen (secondary N) is 1. The van der Waals surface area contributed by atoms with Crippen LogP contribution in [0, 0.1) is 0 Å². The lowest BCUT2D eigenvalue weighted by atomic mass is 10.1. The number of aliphatic imine (C=N–C) groups is 1. The van der Waals surface area contributed by atoms with E-state index in [1.165, 1.54) is 18.4 Å². The minimum atomic E-state index is 0. The van der Waals surface area contributed by atoms with Gasteiger partial charge in [-0.25, -0.2) is 0 Å². The highest BCUT2D eigenvalue weighted by Crippen LogP contribution is 2.27. The lowest BCUT2D eigenvalue weighted by molar-refractivity contribution is 0.252. The van der Waals surface area contributed by atoms with Gasteiger partial charge in [-0.05, 0) is 55.8 Å². The molecular formula is C20H26ClIN4O. The third-order valence-corrected chi connectivity index (χ3v) is 4.83. The summed E-state index contributed by atoms with van der Waals surface area (Å²) in [6.45, 7) is 2.75. The monoisotopic (exact) mass is 500 g/mol. The van der Waals surface area contributed by atoms with Crippen molar-refractivity contribution in [1.29, 1.82) is 0 Å². The molecule has 1 heterocycles. The minimum Gasteiger partial charge on any atom is -0.497 e. The summed E-state index contributed by atoms with van der Waals surface area (Å²) in [4.78, 5) is 7.04. The van der Waals surface area contributed by atoms with Gasteiger partial charge in [0.15, 0.2) is 5.96 Å². The Hall–Kier alpha value is -1.51. The number of ether oxygens (including phenoxy) is 1. The molecular weight excluding hydrogens is 475 g/mol. The van der Waals surface area contributed by atoms with Crippen LogP contribution in [0.2, 0.25) is 5.02 Å². The van der Waals surface area contributed by atoms with Gasteiger partial charge in [0.05, 0.1) is 19.7 Å². The van der Waals surface area contributed by atoms with Crippen LogP contribution in [0.4, 0.5) is 5.69 Å². The Morgan fingerprint density at radius 3 is 2.67 bits per heavy atom. The third-order valence-electron chi connectivity index (χ3n) is 4.59. The molecule has 1 unspecified atom stereocenters. The van der Waals surface area contributed by atoms with Crippen molar-refractivity contribution < 1.29 is 4.74 Å². The van der Waals surface area contributed by atoms with Crippen molar-refractivity contribution in [2.75, 3.05) is 32.1 Å². The number of halogens is 2. The van der Waals surface area contributed by atoms with Crippen LogP contribution in [0.3, 0.4) is 0 Å². The second-order valence-electron chi connectivity index (χ2n) is 6.40. The molecule has 0 bridgehead atoms. The third kappa shape index (κ3) is 6.26. The molecule has 3 rings (SSSR count). The maximum Gasteiger partial charge on any atom is 0.193 e. The van der Waals surface area contributed by atoms with Crippen molar-refractivity contribution in [3.63, 3.8) is 0 Å². The van der Waals surface area contributed by atoms with E-state index in [2.05, 4.69) is 21.3 Å². The van der Waals surface area contributed by atoms with Crippen LogP contribution < -0.4 is 15.8 Å². The first kappa shape index (κ1) is 21.8. The number of nitrogens with two attached hydrogens (primary N) is 1. The van der Waals surface area contributed by atoms with Gasteiger partial charge in [0.1, 0.15) is 5.75 Å². The lowest BCUT2D eigenvalue weighted by Gasteiger charge is -2.27. The van der Waals surface area contributed by atoms with E-state index in [4.69, 9.17) is 22.1 Å². The summed E-state index contributed by atoms with van der Waals surface area (Å²) in [5.41, 5.74) is 8.14. The van der Waals surface area contributed by atoms with Gasteiger partial charge in [0, 0.05) is 16.8 Å². The average Bonchev–Trinajstić information content (AvgIpc) is 3.16. The van der Waals surface area contributed by atoms with Gasteiger partial charge in [-0.1, -0.05) is 29.8 Å².